The van der Waals surface area contributed by atoms with Gasteiger partial charge in [0, 0.05) is 20.3 Å². The first-order valence-corrected chi connectivity index (χ1v) is 5.68. The number of hydrogen-bond acceptors (Lipinski definition) is 1. The molecule has 3 rings (SSSR count). The summed E-state index contributed by atoms with van der Waals surface area (Å²) in [6, 6.07) is 11.6. The van der Waals surface area contributed by atoms with Crippen LogP contribution in [0.15, 0.2) is 45.3 Å². The maximum Gasteiger partial charge on any atom is 0.136 e. The zero-order valence-electron chi connectivity index (χ0n) is 7.63. The van der Waals surface area contributed by atoms with E-state index in [0.717, 1.165) is 31.4 Å². The molecule has 15 heavy (non-hydrogen) atoms. The molecule has 0 bridgehead atoms. The standard InChI is InChI=1S/C12H6BrClO/c13-7-1-3-9-10-6-8(14)2-4-11(10)15-12(9)5-7/h1-6H. The lowest BCUT2D eigenvalue weighted by Crippen LogP contribution is -1.67. The molecule has 0 aliphatic carbocycles. The van der Waals surface area contributed by atoms with Crippen LogP contribution in [-0.2, 0) is 0 Å². The molecular weight excluding hydrogens is 275 g/mol. The van der Waals surface area contributed by atoms with Crippen molar-refractivity contribution in [2.24, 2.45) is 0 Å². The summed E-state index contributed by atoms with van der Waals surface area (Å²) in [6.07, 6.45) is 0. The highest BCUT2D eigenvalue weighted by molar-refractivity contribution is 9.10. The Kier molecular flexibility index (Phi) is 2.01. The van der Waals surface area contributed by atoms with E-state index in [2.05, 4.69) is 15.9 Å². The Balaban J connectivity index is 2.53. The van der Waals surface area contributed by atoms with Gasteiger partial charge in [0.2, 0.25) is 0 Å². The molecule has 0 aliphatic rings. The van der Waals surface area contributed by atoms with Gasteiger partial charge in [-0.1, -0.05) is 27.5 Å². The van der Waals surface area contributed by atoms with Gasteiger partial charge in [-0.05, 0) is 36.4 Å². The second-order valence-electron chi connectivity index (χ2n) is 3.38. The Morgan fingerprint density at radius 2 is 1.80 bits per heavy atom. The molecule has 0 saturated heterocycles. The SMILES string of the molecule is Clc1ccc2oc3cc(Br)ccc3c2c1. The van der Waals surface area contributed by atoms with Crippen LogP contribution in [0.4, 0.5) is 0 Å². The Morgan fingerprint density at radius 1 is 0.933 bits per heavy atom. The summed E-state index contributed by atoms with van der Waals surface area (Å²) in [5.41, 5.74) is 1.74. The summed E-state index contributed by atoms with van der Waals surface area (Å²) >= 11 is 9.37. The average Bonchev–Trinajstić information content (AvgIpc) is 2.54. The minimum atomic E-state index is 0.730. The van der Waals surface area contributed by atoms with Crippen LogP contribution in [0.25, 0.3) is 21.9 Å². The van der Waals surface area contributed by atoms with Crippen molar-refractivity contribution in [3.05, 3.63) is 45.9 Å². The fourth-order valence-corrected chi connectivity index (χ4v) is 2.24. The van der Waals surface area contributed by atoms with E-state index in [1.807, 2.05) is 36.4 Å². The third kappa shape index (κ3) is 1.45. The first kappa shape index (κ1) is 9.25. The summed E-state index contributed by atoms with van der Waals surface area (Å²) < 4.78 is 6.71. The van der Waals surface area contributed by atoms with Crippen molar-refractivity contribution in [3.63, 3.8) is 0 Å². The molecule has 0 N–H and O–H groups in total. The normalized spacial score (nSPS) is 11.3. The number of fused-ring (bicyclic) bond motifs is 3. The molecule has 1 aromatic heterocycles. The molecule has 1 nitrogen and oxygen atoms in total. The van der Waals surface area contributed by atoms with E-state index in [1.165, 1.54) is 0 Å². The van der Waals surface area contributed by atoms with Gasteiger partial charge in [0.15, 0.2) is 0 Å². The minimum Gasteiger partial charge on any atom is -0.456 e. The van der Waals surface area contributed by atoms with Crippen LogP contribution in [0.2, 0.25) is 5.02 Å². The lowest BCUT2D eigenvalue weighted by Gasteiger charge is -1.90. The van der Waals surface area contributed by atoms with Crippen LogP contribution >= 0.6 is 27.5 Å². The first-order valence-electron chi connectivity index (χ1n) is 4.51. The fourth-order valence-electron chi connectivity index (χ4n) is 1.72. The molecule has 0 spiro atoms. The van der Waals surface area contributed by atoms with Crippen LogP contribution in [0.3, 0.4) is 0 Å². The maximum absolute atomic E-state index is 5.96. The third-order valence-corrected chi connectivity index (χ3v) is 3.12. The third-order valence-electron chi connectivity index (χ3n) is 2.40. The van der Waals surface area contributed by atoms with Crippen molar-refractivity contribution >= 4 is 49.5 Å². The van der Waals surface area contributed by atoms with E-state index in [1.54, 1.807) is 0 Å². The van der Waals surface area contributed by atoms with Gasteiger partial charge in [0.1, 0.15) is 11.2 Å². The molecule has 3 heteroatoms. The van der Waals surface area contributed by atoms with E-state index >= 15 is 0 Å². The van der Waals surface area contributed by atoms with Crippen LogP contribution < -0.4 is 0 Å². The van der Waals surface area contributed by atoms with Gasteiger partial charge >= 0.3 is 0 Å². The second-order valence-corrected chi connectivity index (χ2v) is 4.74. The number of rotatable bonds is 0. The summed E-state index contributed by atoms with van der Waals surface area (Å²) in [5, 5.41) is 2.88. The van der Waals surface area contributed by atoms with Crippen molar-refractivity contribution < 1.29 is 4.42 Å². The lowest BCUT2D eigenvalue weighted by atomic mass is 10.1. The van der Waals surface area contributed by atoms with E-state index in [0.29, 0.717) is 0 Å². The molecule has 0 amide bonds. The fraction of sp³-hybridized carbons (Fsp3) is 0. The Hall–Kier alpha value is -0.990. The Labute approximate surface area is 99.8 Å². The Bertz CT molecular complexity index is 657. The predicted octanol–water partition coefficient (Wildman–Crippen LogP) is 5.00. The molecule has 0 atom stereocenters. The summed E-state index contributed by atoms with van der Waals surface area (Å²) in [6.45, 7) is 0. The molecular formula is C12H6BrClO. The van der Waals surface area contributed by atoms with Crippen molar-refractivity contribution in [2.75, 3.05) is 0 Å². The zero-order chi connectivity index (χ0) is 10.4. The van der Waals surface area contributed by atoms with Crippen molar-refractivity contribution in [2.45, 2.75) is 0 Å². The maximum atomic E-state index is 5.96. The molecule has 2 aromatic carbocycles. The van der Waals surface area contributed by atoms with Gasteiger partial charge in [0.05, 0.1) is 0 Å². The van der Waals surface area contributed by atoms with Gasteiger partial charge in [0.25, 0.3) is 0 Å². The van der Waals surface area contributed by atoms with E-state index < -0.39 is 0 Å². The molecule has 0 saturated carbocycles. The van der Waals surface area contributed by atoms with Crippen molar-refractivity contribution in [1.29, 1.82) is 0 Å². The Morgan fingerprint density at radius 3 is 2.67 bits per heavy atom. The highest BCUT2D eigenvalue weighted by Crippen LogP contribution is 2.32. The molecule has 0 unspecified atom stereocenters. The van der Waals surface area contributed by atoms with Gasteiger partial charge in [-0.3, -0.25) is 0 Å². The van der Waals surface area contributed by atoms with E-state index in [9.17, 15) is 0 Å². The number of benzene rings is 2. The topological polar surface area (TPSA) is 13.1 Å². The summed E-state index contributed by atoms with van der Waals surface area (Å²) in [7, 11) is 0. The van der Waals surface area contributed by atoms with Gasteiger partial charge < -0.3 is 4.42 Å². The summed E-state index contributed by atoms with van der Waals surface area (Å²) in [5.74, 6) is 0. The average molecular weight is 282 g/mol. The van der Waals surface area contributed by atoms with Crippen LogP contribution in [0, 0.1) is 0 Å². The molecule has 3 aromatic rings. The molecule has 0 fully saturated rings. The molecule has 0 radical (unpaired) electrons. The highest BCUT2D eigenvalue weighted by Gasteiger charge is 2.06. The monoisotopic (exact) mass is 280 g/mol. The van der Waals surface area contributed by atoms with E-state index in [4.69, 9.17) is 16.0 Å². The smallest absolute Gasteiger partial charge is 0.136 e. The minimum absolute atomic E-state index is 0.730. The lowest BCUT2D eigenvalue weighted by molar-refractivity contribution is 0.668. The largest absolute Gasteiger partial charge is 0.456 e. The van der Waals surface area contributed by atoms with Crippen LogP contribution in [0.1, 0.15) is 0 Å². The van der Waals surface area contributed by atoms with Crippen LogP contribution in [-0.4, -0.2) is 0 Å². The second kappa shape index (κ2) is 3.26. The van der Waals surface area contributed by atoms with Gasteiger partial charge in [-0.15, -0.1) is 0 Å². The van der Waals surface area contributed by atoms with Crippen LogP contribution in [0.5, 0.6) is 0 Å². The number of furan rings is 1. The first-order chi connectivity index (χ1) is 7.24. The van der Waals surface area contributed by atoms with Gasteiger partial charge in [-0.25, -0.2) is 0 Å². The molecule has 1 heterocycles. The van der Waals surface area contributed by atoms with Crippen molar-refractivity contribution in [3.8, 4) is 0 Å². The number of halogens is 2. The molecule has 0 aliphatic heterocycles. The van der Waals surface area contributed by atoms with Crippen molar-refractivity contribution in [1.82, 2.24) is 0 Å². The highest BCUT2D eigenvalue weighted by atomic mass is 79.9. The molecule has 74 valence electrons. The predicted molar refractivity (Wildman–Crippen MR) is 66.4 cm³/mol. The quantitative estimate of drug-likeness (QED) is 0.565. The number of hydrogen-bond donors (Lipinski definition) is 0. The zero-order valence-corrected chi connectivity index (χ0v) is 9.97. The van der Waals surface area contributed by atoms with E-state index in [-0.39, 0.29) is 0 Å². The van der Waals surface area contributed by atoms with Gasteiger partial charge in [-0.2, -0.15) is 0 Å². The summed E-state index contributed by atoms with van der Waals surface area (Å²) in [4.78, 5) is 0.